The van der Waals surface area contributed by atoms with Crippen LogP contribution in [0.15, 0.2) is 152 Å². The first-order valence-corrected chi connectivity index (χ1v) is 16.3. The first-order valence-electron chi connectivity index (χ1n) is 16.3. The van der Waals surface area contributed by atoms with Gasteiger partial charge in [-0.3, -0.25) is 0 Å². The SMILES string of the molecule is N#Cc1ccc2c(c1)c1ccccc1n2-c1ccc(-c2cccc(-c3c(C#N)cccc3-n3c4ccccc4c4ccc(C#N)cc43)c2)cc1. The molecule has 0 radical (unpaired) electrons. The summed E-state index contributed by atoms with van der Waals surface area (Å²) in [5.74, 6) is 0. The van der Waals surface area contributed by atoms with Crippen molar-refractivity contribution in [2.75, 3.05) is 0 Å². The Kier molecular flexibility index (Phi) is 6.56. The number of hydrogen-bond acceptors (Lipinski definition) is 3. The molecule has 0 bridgehead atoms. The Hall–Kier alpha value is -7.39. The molecule has 2 aromatic heterocycles. The summed E-state index contributed by atoms with van der Waals surface area (Å²) in [4.78, 5) is 0. The van der Waals surface area contributed by atoms with E-state index in [9.17, 15) is 15.8 Å². The predicted octanol–water partition coefficient (Wildman–Crippen LogP) is 10.8. The fraction of sp³-hybridized carbons (Fsp3) is 0. The normalized spacial score (nSPS) is 11.1. The van der Waals surface area contributed by atoms with Crippen LogP contribution < -0.4 is 0 Å². The highest BCUT2D eigenvalue weighted by Gasteiger charge is 2.19. The fourth-order valence-corrected chi connectivity index (χ4v) is 7.40. The van der Waals surface area contributed by atoms with Crippen LogP contribution in [-0.4, -0.2) is 9.13 Å². The van der Waals surface area contributed by atoms with Crippen LogP contribution in [0.3, 0.4) is 0 Å². The van der Waals surface area contributed by atoms with Crippen LogP contribution in [-0.2, 0) is 0 Å². The molecule has 0 fully saturated rings. The molecule has 0 aliphatic heterocycles. The van der Waals surface area contributed by atoms with E-state index >= 15 is 0 Å². The number of benzene rings is 7. The monoisotopic (exact) mass is 635 g/mol. The maximum Gasteiger partial charge on any atom is 0.0998 e. The maximum absolute atomic E-state index is 10.4. The summed E-state index contributed by atoms with van der Waals surface area (Å²) in [5, 5.41) is 34.0. The molecule has 5 heteroatoms. The van der Waals surface area contributed by atoms with Gasteiger partial charge >= 0.3 is 0 Å². The minimum atomic E-state index is 0.572. The van der Waals surface area contributed by atoms with E-state index in [1.54, 1.807) is 0 Å². The van der Waals surface area contributed by atoms with Crippen LogP contribution in [0, 0.1) is 34.0 Å². The van der Waals surface area contributed by atoms with Crippen LogP contribution in [0.4, 0.5) is 0 Å². The van der Waals surface area contributed by atoms with Gasteiger partial charge in [0.25, 0.3) is 0 Å². The zero-order valence-electron chi connectivity index (χ0n) is 26.7. The Morgan fingerprint density at radius 1 is 0.380 bits per heavy atom. The van der Waals surface area contributed by atoms with Crippen molar-refractivity contribution in [1.82, 2.24) is 9.13 Å². The topological polar surface area (TPSA) is 81.2 Å². The number of aromatic nitrogens is 2. The average Bonchev–Trinajstić information content (AvgIpc) is 3.69. The summed E-state index contributed by atoms with van der Waals surface area (Å²) in [6, 6.07) is 57.8. The van der Waals surface area contributed by atoms with Crippen molar-refractivity contribution in [3.63, 3.8) is 0 Å². The third kappa shape index (κ3) is 4.38. The van der Waals surface area contributed by atoms with Gasteiger partial charge in [-0.05, 0) is 89.5 Å². The maximum atomic E-state index is 10.4. The van der Waals surface area contributed by atoms with Crippen molar-refractivity contribution in [1.29, 1.82) is 15.8 Å². The van der Waals surface area contributed by atoms with E-state index in [2.05, 4.69) is 94.1 Å². The lowest BCUT2D eigenvalue weighted by atomic mass is 9.94. The van der Waals surface area contributed by atoms with Gasteiger partial charge in [0.1, 0.15) is 0 Å². The van der Waals surface area contributed by atoms with Crippen molar-refractivity contribution in [2.24, 2.45) is 0 Å². The molecule has 0 saturated heterocycles. The molecule has 9 aromatic rings. The van der Waals surface area contributed by atoms with Crippen LogP contribution in [0.1, 0.15) is 16.7 Å². The molecule has 0 aliphatic rings. The second-order valence-corrected chi connectivity index (χ2v) is 12.3. The number of rotatable bonds is 4. The van der Waals surface area contributed by atoms with Gasteiger partial charge in [-0.25, -0.2) is 0 Å². The van der Waals surface area contributed by atoms with E-state index in [4.69, 9.17) is 0 Å². The summed E-state index contributed by atoms with van der Waals surface area (Å²) < 4.78 is 4.42. The van der Waals surface area contributed by atoms with Gasteiger partial charge in [0.2, 0.25) is 0 Å². The number of hydrogen-bond donors (Lipinski definition) is 0. The first kappa shape index (κ1) is 28.8. The molecule has 5 nitrogen and oxygen atoms in total. The van der Waals surface area contributed by atoms with Gasteiger partial charge in [0.15, 0.2) is 0 Å². The third-order valence-electron chi connectivity index (χ3n) is 9.62. The Morgan fingerprint density at radius 2 is 1.00 bits per heavy atom. The largest absolute Gasteiger partial charge is 0.309 e. The van der Waals surface area contributed by atoms with Crippen molar-refractivity contribution >= 4 is 43.6 Å². The van der Waals surface area contributed by atoms with Crippen molar-refractivity contribution in [3.8, 4) is 51.8 Å². The van der Waals surface area contributed by atoms with Crippen LogP contribution in [0.5, 0.6) is 0 Å². The molecule has 0 aliphatic carbocycles. The molecule has 230 valence electrons. The minimum Gasteiger partial charge on any atom is -0.309 e. The van der Waals surface area contributed by atoms with Gasteiger partial charge in [0, 0.05) is 32.8 Å². The molecule has 0 N–H and O–H groups in total. The predicted molar refractivity (Wildman–Crippen MR) is 200 cm³/mol. The molecule has 50 heavy (non-hydrogen) atoms. The second-order valence-electron chi connectivity index (χ2n) is 12.3. The molecule has 9 rings (SSSR count). The minimum absolute atomic E-state index is 0.572. The molecule has 0 unspecified atom stereocenters. The number of para-hydroxylation sites is 2. The Labute approximate surface area is 287 Å². The first-order chi connectivity index (χ1) is 24.7. The summed E-state index contributed by atoms with van der Waals surface area (Å²) in [6.45, 7) is 0. The zero-order valence-corrected chi connectivity index (χ0v) is 26.7. The quantitative estimate of drug-likeness (QED) is 0.193. The van der Waals surface area contributed by atoms with Crippen molar-refractivity contribution < 1.29 is 0 Å². The van der Waals surface area contributed by atoms with Gasteiger partial charge in [-0.2, -0.15) is 15.8 Å². The van der Waals surface area contributed by atoms with E-state index in [0.717, 1.165) is 77.2 Å². The van der Waals surface area contributed by atoms with Crippen LogP contribution in [0.2, 0.25) is 0 Å². The van der Waals surface area contributed by atoms with Gasteiger partial charge in [0.05, 0.1) is 62.7 Å². The van der Waals surface area contributed by atoms with E-state index in [-0.39, 0.29) is 0 Å². The molecule has 0 amide bonds. The van der Waals surface area contributed by atoms with Crippen LogP contribution >= 0.6 is 0 Å². The Bertz CT molecular complexity index is 2960. The molecular formula is C45H25N5. The van der Waals surface area contributed by atoms with E-state index in [1.165, 1.54) is 0 Å². The lowest BCUT2D eigenvalue weighted by molar-refractivity contribution is 1.18. The summed E-state index contributed by atoms with van der Waals surface area (Å²) >= 11 is 0. The van der Waals surface area contributed by atoms with Crippen LogP contribution in [0.25, 0.3) is 77.2 Å². The summed E-state index contributed by atoms with van der Waals surface area (Å²) in [7, 11) is 0. The number of nitrogens with zero attached hydrogens (tertiary/aromatic N) is 5. The molecular weight excluding hydrogens is 611 g/mol. The highest BCUT2D eigenvalue weighted by molar-refractivity contribution is 6.11. The number of fused-ring (bicyclic) bond motifs is 6. The van der Waals surface area contributed by atoms with Gasteiger partial charge in [-0.15, -0.1) is 0 Å². The molecule has 0 saturated carbocycles. The van der Waals surface area contributed by atoms with E-state index in [0.29, 0.717) is 16.7 Å². The van der Waals surface area contributed by atoms with Gasteiger partial charge < -0.3 is 9.13 Å². The molecule has 0 atom stereocenters. The Balaban J connectivity index is 1.19. The van der Waals surface area contributed by atoms with E-state index < -0.39 is 0 Å². The lowest BCUT2D eigenvalue weighted by Gasteiger charge is -2.16. The lowest BCUT2D eigenvalue weighted by Crippen LogP contribution is -2.00. The average molecular weight is 636 g/mol. The van der Waals surface area contributed by atoms with Gasteiger partial charge in [-0.1, -0.05) is 78.9 Å². The van der Waals surface area contributed by atoms with Crippen molar-refractivity contribution in [3.05, 3.63) is 168 Å². The van der Waals surface area contributed by atoms with E-state index in [1.807, 2.05) is 84.9 Å². The summed E-state index contributed by atoms with van der Waals surface area (Å²) in [5.41, 5.74) is 11.6. The highest BCUT2D eigenvalue weighted by Crippen LogP contribution is 2.39. The molecule has 7 aromatic carbocycles. The highest BCUT2D eigenvalue weighted by atomic mass is 15.0. The molecule has 2 heterocycles. The third-order valence-corrected chi connectivity index (χ3v) is 9.62. The standard InChI is InChI=1S/C45H25N5/c46-26-29-16-22-42-39(23-29)37-11-2-3-12-40(37)49(42)35-19-17-31(18-20-35)32-7-5-8-33(25-32)45-34(28-48)9-6-14-43(45)50-41-13-4-1-10-36(41)38-21-15-30(27-47)24-44(38)50/h1-25H. The molecule has 0 spiro atoms. The fourth-order valence-electron chi connectivity index (χ4n) is 7.40. The Morgan fingerprint density at radius 3 is 1.76 bits per heavy atom. The smallest absolute Gasteiger partial charge is 0.0998 e. The second kappa shape index (κ2) is 11.4. The number of nitriles is 3. The van der Waals surface area contributed by atoms with Crippen molar-refractivity contribution in [2.45, 2.75) is 0 Å². The summed E-state index contributed by atoms with van der Waals surface area (Å²) in [6.07, 6.45) is 0. The zero-order chi connectivity index (χ0) is 33.8.